The van der Waals surface area contributed by atoms with Crippen LogP contribution in [-0.4, -0.2) is 68.2 Å². The maximum atomic E-state index is 12.5. The molecule has 3 amide bonds. The monoisotopic (exact) mass is 404 g/mol. The highest BCUT2D eigenvalue weighted by Gasteiger charge is 2.31. The molecule has 0 spiro atoms. The Balaban J connectivity index is 1.91. The molecule has 1 heterocycles. The SMILES string of the molecule is COC(=O)c1ccc(N2CCN(C(C)C(=O)NC(=O)NCC(C)C)C(C)C2)cc1. The molecule has 1 aromatic rings. The van der Waals surface area contributed by atoms with Crippen LogP contribution in [-0.2, 0) is 9.53 Å². The summed E-state index contributed by atoms with van der Waals surface area (Å²) in [6, 6.07) is 6.59. The first-order valence-corrected chi connectivity index (χ1v) is 10.0. The van der Waals surface area contributed by atoms with Gasteiger partial charge < -0.3 is 15.0 Å². The second-order valence-electron chi connectivity index (χ2n) is 7.84. The molecule has 8 heteroatoms. The zero-order valence-electron chi connectivity index (χ0n) is 17.9. The molecule has 0 bridgehead atoms. The van der Waals surface area contributed by atoms with Crippen LogP contribution in [0.5, 0.6) is 0 Å². The van der Waals surface area contributed by atoms with E-state index in [9.17, 15) is 14.4 Å². The average molecular weight is 405 g/mol. The number of methoxy groups -OCH3 is 1. The van der Waals surface area contributed by atoms with Gasteiger partial charge in [0, 0.05) is 37.9 Å². The molecule has 1 aliphatic heterocycles. The maximum Gasteiger partial charge on any atom is 0.337 e. The Morgan fingerprint density at radius 3 is 2.34 bits per heavy atom. The van der Waals surface area contributed by atoms with E-state index in [2.05, 4.69) is 27.4 Å². The summed E-state index contributed by atoms with van der Waals surface area (Å²) in [5.41, 5.74) is 1.54. The number of esters is 1. The first-order valence-electron chi connectivity index (χ1n) is 10.0. The van der Waals surface area contributed by atoms with Crippen molar-refractivity contribution in [2.45, 2.75) is 39.8 Å². The van der Waals surface area contributed by atoms with Crippen LogP contribution >= 0.6 is 0 Å². The molecule has 2 N–H and O–H groups in total. The molecule has 2 unspecified atom stereocenters. The molecule has 1 aromatic carbocycles. The zero-order valence-corrected chi connectivity index (χ0v) is 17.9. The molecule has 160 valence electrons. The second-order valence-corrected chi connectivity index (χ2v) is 7.84. The lowest BCUT2D eigenvalue weighted by Crippen LogP contribution is -2.59. The van der Waals surface area contributed by atoms with E-state index in [-0.39, 0.29) is 17.9 Å². The van der Waals surface area contributed by atoms with Gasteiger partial charge in [-0.15, -0.1) is 0 Å². The van der Waals surface area contributed by atoms with Crippen molar-refractivity contribution in [3.05, 3.63) is 29.8 Å². The molecular formula is C21H32N4O4. The van der Waals surface area contributed by atoms with Crippen molar-refractivity contribution in [2.75, 3.05) is 38.2 Å². The molecule has 0 aliphatic carbocycles. The van der Waals surface area contributed by atoms with Gasteiger partial charge in [0.25, 0.3) is 0 Å². The minimum atomic E-state index is -0.451. The van der Waals surface area contributed by atoms with Gasteiger partial charge >= 0.3 is 12.0 Å². The number of imide groups is 1. The standard InChI is InChI=1S/C21H32N4O4/c1-14(2)12-22-21(28)23-19(26)16(4)25-11-10-24(13-15(25)3)18-8-6-17(7-9-18)20(27)29-5/h6-9,14-16H,10-13H2,1-5H3,(H2,22,23,26,28). The van der Waals surface area contributed by atoms with Gasteiger partial charge in [-0.1, -0.05) is 13.8 Å². The van der Waals surface area contributed by atoms with Gasteiger partial charge in [0.15, 0.2) is 0 Å². The Hall–Kier alpha value is -2.61. The summed E-state index contributed by atoms with van der Waals surface area (Å²) in [5.74, 6) is -0.330. The summed E-state index contributed by atoms with van der Waals surface area (Å²) >= 11 is 0. The van der Waals surface area contributed by atoms with Gasteiger partial charge in [0.05, 0.1) is 18.7 Å². The summed E-state index contributed by atoms with van der Waals surface area (Å²) in [4.78, 5) is 40.2. The quantitative estimate of drug-likeness (QED) is 0.704. The van der Waals surface area contributed by atoms with E-state index in [1.165, 1.54) is 7.11 Å². The normalized spacial score (nSPS) is 18.3. The number of carbonyl (C=O) groups is 3. The van der Waals surface area contributed by atoms with Gasteiger partial charge in [0.2, 0.25) is 5.91 Å². The summed E-state index contributed by atoms with van der Waals surface area (Å²) < 4.78 is 4.73. The number of hydrogen-bond donors (Lipinski definition) is 2. The van der Waals surface area contributed by atoms with Gasteiger partial charge in [-0.2, -0.15) is 0 Å². The Kier molecular flexibility index (Phi) is 8.01. The number of urea groups is 1. The number of carbonyl (C=O) groups excluding carboxylic acids is 3. The van der Waals surface area contributed by atoms with E-state index in [4.69, 9.17) is 4.74 Å². The van der Waals surface area contributed by atoms with Gasteiger partial charge in [0.1, 0.15) is 0 Å². The molecule has 1 aliphatic rings. The Morgan fingerprint density at radius 2 is 1.79 bits per heavy atom. The lowest BCUT2D eigenvalue weighted by Gasteiger charge is -2.43. The molecule has 1 fully saturated rings. The fourth-order valence-corrected chi connectivity index (χ4v) is 3.42. The Morgan fingerprint density at radius 1 is 1.14 bits per heavy atom. The van der Waals surface area contributed by atoms with Crippen molar-refractivity contribution in [2.24, 2.45) is 5.92 Å². The van der Waals surface area contributed by atoms with Gasteiger partial charge in [-0.05, 0) is 44.0 Å². The summed E-state index contributed by atoms with van der Waals surface area (Å²) in [6.45, 7) is 10.6. The number of benzene rings is 1. The van der Waals surface area contributed by atoms with Gasteiger partial charge in [-0.3, -0.25) is 15.0 Å². The predicted octanol–water partition coefficient (Wildman–Crippen LogP) is 1.85. The van der Waals surface area contributed by atoms with Crippen molar-refractivity contribution in [1.82, 2.24) is 15.5 Å². The largest absolute Gasteiger partial charge is 0.465 e. The molecule has 0 radical (unpaired) electrons. The third-order valence-corrected chi connectivity index (χ3v) is 5.12. The number of rotatable bonds is 6. The number of ether oxygens (including phenoxy) is 1. The molecule has 1 saturated heterocycles. The highest BCUT2D eigenvalue weighted by molar-refractivity contribution is 5.96. The van der Waals surface area contributed by atoms with Crippen molar-refractivity contribution in [3.8, 4) is 0 Å². The number of piperazine rings is 1. The van der Waals surface area contributed by atoms with Crippen molar-refractivity contribution in [3.63, 3.8) is 0 Å². The van der Waals surface area contributed by atoms with Crippen LogP contribution in [0.15, 0.2) is 24.3 Å². The van der Waals surface area contributed by atoms with Crippen LogP contribution < -0.4 is 15.5 Å². The Bertz CT molecular complexity index is 720. The first kappa shape index (κ1) is 22.7. The molecule has 2 rings (SSSR count). The van der Waals surface area contributed by atoms with Crippen LogP contribution in [0.4, 0.5) is 10.5 Å². The average Bonchev–Trinajstić information content (AvgIpc) is 2.71. The minimum Gasteiger partial charge on any atom is -0.465 e. The van der Waals surface area contributed by atoms with E-state index in [0.717, 1.165) is 18.8 Å². The fraction of sp³-hybridized carbons (Fsp3) is 0.571. The topological polar surface area (TPSA) is 91.0 Å². The minimum absolute atomic E-state index is 0.128. The smallest absolute Gasteiger partial charge is 0.337 e. The lowest BCUT2D eigenvalue weighted by molar-refractivity contribution is -0.125. The highest BCUT2D eigenvalue weighted by atomic mass is 16.5. The van der Waals surface area contributed by atoms with E-state index in [0.29, 0.717) is 24.6 Å². The third kappa shape index (κ3) is 6.19. The molecule has 2 atom stereocenters. The molecule has 0 saturated carbocycles. The van der Waals surface area contributed by atoms with E-state index in [1.807, 2.05) is 32.9 Å². The fourth-order valence-electron chi connectivity index (χ4n) is 3.42. The summed E-state index contributed by atoms with van der Waals surface area (Å²) in [6.07, 6.45) is 0. The summed E-state index contributed by atoms with van der Waals surface area (Å²) in [5, 5.41) is 5.13. The van der Waals surface area contributed by atoms with Crippen LogP contribution in [0.2, 0.25) is 0 Å². The lowest BCUT2D eigenvalue weighted by atomic mass is 10.1. The molecule has 29 heavy (non-hydrogen) atoms. The number of hydrogen-bond acceptors (Lipinski definition) is 6. The van der Waals surface area contributed by atoms with E-state index in [1.54, 1.807) is 12.1 Å². The number of nitrogens with one attached hydrogen (secondary N) is 2. The van der Waals surface area contributed by atoms with Crippen LogP contribution in [0.25, 0.3) is 0 Å². The predicted molar refractivity (Wildman–Crippen MR) is 112 cm³/mol. The van der Waals surface area contributed by atoms with Gasteiger partial charge in [-0.25, -0.2) is 9.59 Å². The second kappa shape index (κ2) is 10.2. The van der Waals surface area contributed by atoms with Crippen LogP contribution in [0.1, 0.15) is 38.1 Å². The number of amides is 3. The number of nitrogens with zero attached hydrogens (tertiary/aromatic N) is 2. The first-order chi connectivity index (χ1) is 13.7. The van der Waals surface area contributed by atoms with Crippen molar-refractivity contribution in [1.29, 1.82) is 0 Å². The van der Waals surface area contributed by atoms with E-state index >= 15 is 0 Å². The van der Waals surface area contributed by atoms with E-state index < -0.39 is 12.1 Å². The zero-order chi connectivity index (χ0) is 21.6. The summed E-state index contributed by atoms with van der Waals surface area (Å²) in [7, 11) is 1.36. The third-order valence-electron chi connectivity index (χ3n) is 5.12. The molecule has 0 aromatic heterocycles. The molecular weight excluding hydrogens is 372 g/mol. The van der Waals surface area contributed by atoms with Crippen LogP contribution in [0, 0.1) is 5.92 Å². The van der Waals surface area contributed by atoms with Crippen LogP contribution in [0.3, 0.4) is 0 Å². The Labute approximate surface area is 172 Å². The highest BCUT2D eigenvalue weighted by Crippen LogP contribution is 2.21. The molecule has 8 nitrogen and oxygen atoms in total. The van der Waals surface area contributed by atoms with Crippen molar-refractivity contribution < 1.29 is 19.1 Å². The van der Waals surface area contributed by atoms with Crippen molar-refractivity contribution >= 4 is 23.6 Å². The number of anilines is 1. The maximum absolute atomic E-state index is 12.5.